The highest BCUT2D eigenvalue weighted by atomic mass is 32.1. The van der Waals surface area contributed by atoms with Gasteiger partial charge >= 0.3 is 4.87 Å². The van der Waals surface area contributed by atoms with Gasteiger partial charge in [-0.3, -0.25) is 14.2 Å². The van der Waals surface area contributed by atoms with E-state index in [-0.39, 0.29) is 36.0 Å². The third kappa shape index (κ3) is 2.50. The summed E-state index contributed by atoms with van der Waals surface area (Å²) in [6, 6.07) is 1.76. The number of ether oxygens (including phenoxy) is 1. The van der Waals surface area contributed by atoms with E-state index < -0.39 is 17.5 Å². The van der Waals surface area contributed by atoms with Gasteiger partial charge in [-0.25, -0.2) is 8.78 Å². The van der Waals surface area contributed by atoms with Gasteiger partial charge in [-0.1, -0.05) is 11.3 Å². The number of rotatable bonds is 2. The monoisotopic (exact) mass is 326 g/mol. The number of carbonyl (C=O) groups excluding carboxylic acids is 1. The van der Waals surface area contributed by atoms with Gasteiger partial charge in [0, 0.05) is 23.2 Å². The molecule has 0 radical (unpaired) electrons. The Labute approximate surface area is 128 Å². The maximum Gasteiger partial charge on any atom is 0.307 e. The molecule has 0 atom stereocenters. The van der Waals surface area contributed by atoms with Gasteiger partial charge in [0.1, 0.15) is 19.0 Å². The van der Waals surface area contributed by atoms with Crippen molar-refractivity contribution in [1.29, 1.82) is 0 Å². The average molecular weight is 326 g/mol. The number of hydrogen-bond acceptors (Lipinski definition) is 4. The van der Waals surface area contributed by atoms with Crippen molar-refractivity contribution in [2.75, 3.05) is 18.1 Å². The Bertz CT molecular complexity index is 800. The van der Waals surface area contributed by atoms with Crippen LogP contribution in [-0.2, 0) is 11.3 Å². The van der Waals surface area contributed by atoms with Crippen LogP contribution in [0.15, 0.2) is 22.3 Å². The number of amides is 1. The van der Waals surface area contributed by atoms with E-state index in [4.69, 9.17) is 4.74 Å². The molecule has 1 aliphatic rings. The van der Waals surface area contributed by atoms with Crippen LogP contribution in [0.4, 0.5) is 14.5 Å². The van der Waals surface area contributed by atoms with Crippen LogP contribution in [0.5, 0.6) is 5.75 Å². The van der Waals surface area contributed by atoms with Crippen LogP contribution in [0.3, 0.4) is 0 Å². The van der Waals surface area contributed by atoms with Gasteiger partial charge in [0.05, 0.1) is 12.2 Å². The second kappa shape index (κ2) is 5.53. The molecule has 1 aromatic carbocycles. The van der Waals surface area contributed by atoms with Crippen molar-refractivity contribution in [3.8, 4) is 5.75 Å². The number of halogens is 2. The Morgan fingerprint density at radius 3 is 2.86 bits per heavy atom. The topological polar surface area (TPSA) is 51.5 Å². The summed E-state index contributed by atoms with van der Waals surface area (Å²) < 4.78 is 33.6. The molecule has 1 aliphatic heterocycles. The Morgan fingerprint density at radius 2 is 2.18 bits per heavy atom. The molecule has 0 unspecified atom stereocenters. The molecule has 3 rings (SSSR count). The summed E-state index contributed by atoms with van der Waals surface area (Å²) in [7, 11) is 0. The molecule has 0 N–H and O–H groups in total. The van der Waals surface area contributed by atoms with Gasteiger partial charge in [0.25, 0.3) is 0 Å². The Kier molecular flexibility index (Phi) is 3.69. The van der Waals surface area contributed by atoms with Crippen LogP contribution in [0, 0.1) is 18.6 Å². The number of aryl methyl sites for hydroxylation is 1. The van der Waals surface area contributed by atoms with Gasteiger partial charge < -0.3 is 9.64 Å². The number of thiazole rings is 1. The van der Waals surface area contributed by atoms with E-state index in [0.29, 0.717) is 11.8 Å². The lowest BCUT2D eigenvalue weighted by Gasteiger charge is -2.29. The summed E-state index contributed by atoms with van der Waals surface area (Å²) in [4.78, 5) is 25.1. The number of carbonyl (C=O) groups is 1. The van der Waals surface area contributed by atoms with Crippen molar-refractivity contribution in [2.24, 2.45) is 0 Å². The van der Waals surface area contributed by atoms with Crippen LogP contribution in [-0.4, -0.2) is 23.6 Å². The van der Waals surface area contributed by atoms with Crippen molar-refractivity contribution >= 4 is 22.9 Å². The van der Waals surface area contributed by atoms with E-state index in [0.717, 1.165) is 17.4 Å². The highest BCUT2D eigenvalue weighted by molar-refractivity contribution is 7.07. The van der Waals surface area contributed by atoms with E-state index >= 15 is 0 Å². The molecular weight excluding hydrogens is 314 g/mol. The van der Waals surface area contributed by atoms with Crippen LogP contribution < -0.4 is 14.5 Å². The smallest absolute Gasteiger partial charge is 0.307 e. The maximum atomic E-state index is 13.7. The first-order chi connectivity index (χ1) is 10.5. The summed E-state index contributed by atoms with van der Waals surface area (Å²) in [6.07, 6.45) is 0. The predicted molar refractivity (Wildman–Crippen MR) is 77.5 cm³/mol. The zero-order valence-corrected chi connectivity index (χ0v) is 12.5. The van der Waals surface area contributed by atoms with Gasteiger partial charge in [0.15, 0.2) is 11.6 Å². The fourth-order valence-electron chi connectivity index (χ4n) is 2.33. The number of benzene rings is 1. The average Bonchev–Trinajstić information content (AvgIpc) is 2.78. The van der Waals surface area contributed by atoms with E-state index in [1.807, 2.05) is 0 Å². The third-order valence-electron chi connectivity index (χ3n) is 3.41. The Morgan fingerprint density at radius 1 is 1.41 bits per heavy atom. The normalized spacial score (nSPS) is 13.7. The van der Waals surface area contributed by atoms with Crippen molar-refractivity contribution in [3.05, 3.63) is 44.5 Å². The summed E-state index contributed by atoms with van der Waals surface area (Å²) >= 11 is 1.00. The minimum atomic E-state index is -0.851. The predicted octanol–water partition coefficient (Wildman–Crippen LogP) is 1.92. The van der Waals surface area contributed by atoms with E-state index in [1.54, 1.807) is 12.3 Å². The fraction of sp³-hybridized carbons (Fsp3) is 0.286. The zero-order valence-electron chi connectivity index (χ0n) is 11.6. The molecule has 0 fully saturated rings. The molecule has 5 nitrogen and oxygen atoms in total. The molecule has 2 aromatic rings. The molecule has 116 valence electrons. The molecule has 1 aromatic heterocycles. The molecule has 0 spiro atoms. The SMILES string of the molecule is Cc1csc(=O)n1CC(=O)N1CCOc2c(F)cc(F)cc21. The van der Waals surface area contributed by atoms with E-state index in [2.05, 4.69) is 0 Å². The first kappa shape index (κ1) is 14.7. The number of nitrogens with zero attached hydrogens (tertiary/aromatic N) is 2. The quantitative estimate of drug-likeness (QED) is 0.847. The summed E-state index contributed by atoms with van der Waals surface area (Å²) in [5, 5.41) is 1.65. The summed E-state index contributed by atoms with van der Waals surface area (Å²) in [5.41, 5.74) is 0.719. The number of anilines is 1. The fourth-order valence-corrected chi connectivity index (χ4v) is 3.06. The van der Waals surface area contributed by atoms with Crippen molar-refractivity contribution < 1.29 is 18.3 Å². The summed E-state index contributed by atoms with van der Waals surface area (Å²) in [5.74, 6) is -2.20. The molecule has 22 heavy (non-hydrogen) atoms. The van der Waals surface area contributed by atoms with Crippen molar-refractivity contribution in [1.82, 2.24) is 4.57 Å². The summed E-state index contributed by atoms with van der Waals surface area (Å²) in [6.45, 7) is 1.83. The minimum absolute atomic E-state index is 0.0506. The highest BCUT2D eigenvalue weighted by Crippen LogP contribution is 2.35. The first-order valence-electron chi connectivity index (χ1n) is 6.54. The molecule has 0 aliphatic carbocycles. The molecule has 1 amide bonds. The van der Waals surface area contributed by atoms with Gasteiger partial charge in [-0.05, 0) is 6.92 Å². The Balaban J connectivity index is 1.94. The van der Waals surface area contributed by atoms with Crippen molar-refractivity contribution in [3.63, 3.8) is 0 Å². The zero-order chi connectivity index (χ0) is 15.9. The van der Waals surface area contributed by atoms with E-state index in [1.165, 1.54) is 9.47 Å². The van der Waals surface area contributed by atoms with Gasteiger partial charge in [0.2, 0.25) is 5.91 Å². The molecule has 0 bridgehead atoms. The van der Waals surface area contributed by atoms with Crippen LogP contribution in [0.2, 0.25) is 0 Å². The molecule has 2 heterocycles. The number of hydrogen-bond donors (Lipinski definition) is 0. The lowest BCUT2D eigenvalue weighted by molar-refractivity contribution is -0.119. The van der Waals surface area contributed by atoms with Crippen LogP contribution in [0.25, 0.3) is 0 Å². The molecule has 0 saturated carbocycles. The van der Waals surface area contributed by atoms with Gasteiger partial charge in [-0.15, -0.1) is 0 Å². The minimum Gasteiger partial charge on any atom is -0.486 e. The Hall–Kier alpha value is -2.22. The largest absolute Gasteiger partial charge is 0.486 e. The standard InChI is InChI=1S/C14H12F2N2O3S/c1-8-7-22-14(20)18(8)6-12(19)17-2-3-21-13-10(16)4-9(15)5-11(13)17/h4-5,7H,2-3,6H2,1H3. The lowest BCUT2D eigenvalue weighted by Crippen LogP contribution is -2.41. The maximum absolute atomic E-state index is 13.7. The molecule has 0 saturated heterocycles. The van der Waals surface area contributed by atoms with Crippen molar-refractivity contribution in [2.45, 2.75) is 13.5 Å². The van der Waals surface area contributed by atoms with E-state index in [9.17, 15) is 18.4 Å². The van der Waals surface area contributed by atoms with Gasteiger partial charge in [-0.2, -0.15) is 0 Å². The number of aromatic nitrogens is 1. The lowest BCUT2D eigenvalue weighted by atomic mass is 10.2. The molecule has 8 heteroatoms. The highest BCUT2D eigenvalue weighted by Gasteiger charge is 2.27. The third-order valence-corrected chi connectivity index (χ3v) is 4.29. The number of fused-ring (bicyclic) bond motifs is 1. The second-order valence-electron chi connectivity index (χ2n) is 4.86. The van der Waals surface area contributed by atoms with Crippen LogP contribution >= 0.6 is 11.3 Å². The molecular formula is C14H12F2N2O3S. The second-order valence-corrected chi connectivity index (χ2v) is 5.68. The van der Waals surface area contributed by atoms with Crippen LogP contribution in [0.1, 0.15) is 5.69 Å². The first-order valence-corrected chi connectivity index (χ1v) is 7.42.